The summed E-state index contributed by atoms with van der Waals surface area (Å²) in [6.45, 7) is 9.13. The van der Waals surface area contributed by atoms with E-state index in [1.807, 2.05) is 31.2 Å². The quantitative estimate of drug-likeness (QED) is 0.781. The van der Waals surface area contributed by atoms with E-state index in [1.54, 1.807) is 0 Å². The average molecular weight is 353 g/mol. The molecule has 4 nitrogen and oxygen atoms in total. The molecule has 0 aromatic heterocycles. The molecule has 1 unspecified atom stereocenters. The summed E-state index contributed by atoms with van der Waals surface area (Å²) in [4.78, 5) is 2.47. The van der Waals surface area contributed by atoms with Crippen LogP contribution in [-0.4, -0.2) is 39.0 Å². The molecule has 0 amide bonds. The lowest BCUT2D eigenvalue weighted by molar-refractivity contribution is 0.146. The highest BCUT2D eigenvalue weighted by Gasteiger charge is 2.23. The van der Waals surface area contributed by atoms with E-state index in [1.165, 1.54) is 19.3 Å². The number of hydrogen-bond acceptors (Lipinski definition) is 3. The van der Waals surface area contributed by atoms with Gasteiger partial charge in [-0.2, -0.15) is 0 Å². The van der Waals surface area contributed by atoms with Crippen molar-refractivity contribution in [2.75, 3.05) is 19.6 Å². The average Bonchev–Trinajstić information content (AvgIpc) is 2.54. The molecule has 1 atom stereocenters. The second-order valence-electron chi connectivity index (χ2n) is 7.47. The number of likely N-dealkylation sites (tertiary alicyclic amines) is 1. The highest BCUT2D eigenvalue weighted by Crippen LogP contribution is 2.17. The van der Waals surface area contributed by atoms with Crippen molar-refractivity contribution in [1.29, 1.82) is 0 Å². The van der Waals surface area contributed by atoms with Crippen molar-refractivity contribution < 1.29 is 8.42 Å². The molecular formula is C19H32N2O2S. The van der Waals surface area contributed by atoms with E-state index < -0.39 is 10.0 Å². The van der Waals surface area contributed by atoms with Crippen molar-refractivity contribution in [2.45, 2.75) is 58.2 Å². The first-order valence-electron chi connectivity index (χ1n) is 9.12. The maximum Gasteiger partial charge on any atom is 0.215 e. The van der Waals surface area contributed by atoms with E-state index in [9.17, 15) is 8.42 Å². The highest BCUT2D eigenvalue weighted by atomic mass is 32.2. The van der Waals surface area contributed by atoms with Crippen LogP contribution in [0.4, 0.5) is 0 Å². The van der Waals surface area contributed by atoms with Crippen LogP contribution in [0.3, 0.4) is 0 Å². The number of nitrogens with zero attached hydrogens (tertiary/aromatic N) is 1. The van der Waals surface area contributed by atoms with Crippen LogP contribution in [0, 0.1) is 12.8 Å². The molecule has 24 heavy (non-hydrogen) atoms. The smallest absolute Gasteiger partial charge is 0.215 e. The molecule has 136 valence electrons. The highest BCUT2D eigenvalue weighted by molar-refractivity contribution is 7.88. The fourth-order valence-corrected chi connectivity index (χ4v) is 4.55. The molecule has 1 N–H and O–H groups in total. The Kier molecular flexibility index (Phi) is 7.26. The van der Waals surface area contributed by atoms with Gasteiger partial charge in [0.1, 0.15) is 0 Å². The van der Waals surface area contributed by atoms with Crippen LogP contribution in [0.1, 0.15) is 50.7 Å². The number of sulfonamides is 1. The molecule has 1 fully saturated rings. The Morgan fingerprint density at radius 1 is 1.08 bits per heavy atom. The van der Waals surface area contributed by atoms with Crippen LogP contribution in [-0.2, 0) is 15.8 Å². The Labute approximate surface area is 147 Å². The minimum Gasteiger partial charge on any atom is -0.299 e. The molecular weight excluding hydrogens is 320 g/mol. The topological polar surface area (TPSA) is 49.4 Å². The van der Waals surface area contributed by atoms with Gasteiger partial charge >= 0.3 is 0 Å². The van der Waals surface area contributed by atoms with Crippen LogP contribution in [0.5, 0.6) is 0 Å². The Morgan fingerprint density at radius 3 is 2.29 bits per heavy atom. The Morgan fingerprint density at radius 2 is 1.71 bits per heavy atom. The molecule has 0 bridgehead atoms. The van der Waals surface area contributed by atoms with Gasteiger partial charge < -0.3 is 0 Å². The van der Waals surface area contributed by atoms with Gasteiger partial charge in [0.15, 0.2) is 0 Å². The second-order valence-corrected chi connectivity index (χ2v) is 9.28. The first-order valence-corrected chi connectivity index (χ1v) is 10.8. The fraction of sp³-hybridized carbons (Fsp3) is 0.684. The van der Waals surface area contributed by atoms with E-state index in [4.69, 9.17) is 0 Å². The number of hydrogen-bond donors (Lipinski definition) is 1. The van der Waals surface area contributed by atoms with Gasteiger partial charge in [-0.05, 0) is 50.8 Å². The number of nitrogens with one attached hydrogen (secondary N) is 1. The number of aryl methyl sites for hydroxylation is 1. The first-order chi connectivity index (χ1) is 11.4. The molecule has 0 saturated carbocycles. The predicted octanol–water partition coefficient (Wildman–Crippen LogP) is 3.32. The van der Waals surface area contributed by atoms with Crippen LogP contribution in [0.2, 0.25) is 0 Å². The summed E-state index contributed by atoms with van der Waals surface area (Å²) in [5, 5.41) is 0. The van der Waals surface area contributed by atoms with Crippen LogP contribution in [0.25, 0.3) is 0 Å². The number of benzene rings is 1. The van der Waals surface area contributed by atoms with Crippen LogP contribution < -0.4 is 4.72 Å². The van der Waals surface area contributed by atoms with Gasteiger partial charge in [0, 0.05) is 12.6 Å². The maximum atomic E-state index is 12.4. The molecule has 1 saturated heterocycles. The van der Waals surface area contributed by atoms with Crippen LogP contribution in [0.15, 0.2) is 24.3 Å². The molecule has 1 aliphatic heterocycles. The van der Waals surface area contributed by atoms with E-state index in [-0.39, 0.29) is 5.75 Å². The largest absolute Gasteiger partial charge is 0.299 e. The summed E-state index contributed by atoms with van der Waals surface area (Å²) in [6.07, 6.45) is 4.78. The minimum absolute atomic E-state index is 0.0572. The van der Waals surface area contributed by atoms with Crippen molar-refractivity contribution in [3.05, 3.63) is 35.4 Å². The Hall–Kier alpha value is -0.910. The van der Waals surface area contributed by atoms with Crippen molar-refractivity contribution in [3.63, 3.8) is 0 Å². The zero-order valence-electron chi connectivity index (χ0n) is 15.3. The predicted molar refractivity (Wildman–Crippen MR) is 100 cm³/mol. The van der Waals surface area contributed by atoms with E-state index >= 15 is 0 Å². The van der Waals surface area contributed by atoms with Crippen molar-refractivity contribution in [2.24, 2.45) is 5.92 Å². The fourth-order valence-electron chi connectivity index (χ4n) is 3.37. The summed E-state index contributed by atoms with van der Waals surface area (Å²) in [5.41, 5.74) is 1.98. The van der Waals surface area contributed by atoms with Crippen LogP contribution >= 0.6 is 0 Å². The normalized spacial score (nSPS) is 18.0. The summed E-state index contributed by atoms with van der Waals surface area (Å²) in [5.74, 6) is 0.625. The van der Waals surface area contributed by atoms with Crippen molar-refractivity contribution >= 4 is 10.0 Å². The monoisotopic (exact) mass is 352 g/mol. The third-order valence-electron chi connectivity index (χ3n) is 4.67. The third-order valence-corrected chi connectivity index (χ3v) is 5.99. The molecule has 0 aliphatic carbocycles. The van der Waals surface area contributed by atoms with Gasteiger partial charge in [-0.25, -0.2) is 13.1 Å². The summed E-state index contributed by atoms with van der Waals surface area (Å²) < 4.78 is 27.7. The summed E-state index contributed by atoms with van der Waals surface area (Å²) >= 11 is 0. The lowest BCUT2D eigenvalue weighted by Gasteiger charge is -2.35. The van der Waals surface area contributed by atoms with Gasteiger partial charge in [0.2, 0.25) is 10.0 Å². The van der Waals surface area contributed by atoms with E-state index in [0.717, 1.165) is 30.6 Å². The lowest BCUT2D eigenvalue weighted by Crippen LogP contribution is -2.46. The first kappa shape index (κ1) is 19.4. The van der Waals surface area contributed by atoms with Gasteiger partial charge in [0.25, 0.3) is 0 Å². The SMILES string of the molecule is Cc1ccc(CS(=O)(=O)NCC(CC(C)C)N2CCCCC2)cc1. The molecule has 0 radical (unpaired) electrons. The van der Waals surface area contributed by atoms with E-state index in [0.29, 0.717) is 18.5 Å². The molecule has 1 aromatic rings. The number of rotatable bonds is 8. The molecule has 1 heterocycles. The standard InChI is InChI=1S/C19H32N2O2S/c1-16(2)13-19(21-11-5-4-6-12-21)14-20-24(22,23)15-18-9-7-17(3)8-10-18/h7-10,16,19-20H,4-6,11-15H2,1-3H3. The maximum absolute atomic E-state index is 12.4. The molecule has 5 heteroatoms. The molecule has 1 aromatic carbocycles. The van der Waals surface area contributed by atoms with Crippen molar-refractivity contribution in [1.82, 2.24) is 9.62 Å². The number of piperidine rings is 1. The minimum atomic E-state index is -3.29. The third kappa shape index (κ3) is 6.54. The second kappa shape index (κ2) is 8.97. The Balaban J connectivity index is 1.94. The van der Waals surface area contributed by atoms with Crippen molar-refractivity contribution in [3.8, 4) is 0 Å². The van der Waals surface area contributed by atoms with Gasteiger partial charge in [-0.3, -0.25) is 4.90 Å². The van der Waals surface area contributed by atoms with Gasteiger partial charge in [0.05, 0.1) is 5.75 Å². The van der Waals surface area contributed by atoms with Gasteiger partial charge in [-0.15, -0.1) is 0 Å². The zero-order valence-corrected chi connectivity index (χ0v) is 16.1. The zero-order chi connectivity index (χ0) is 17.6. The molecule has 1 aliphatic rings. The molecule has 0 spiro atoms. The van der Waals surface area contributed by atoms with Gasteiger partial charge in [-0.1, -0.05) is 50.1 Å². The Bertz CT molecular complexity index is 590. The lowest BCUT2D eigenvalue weighted by atomic mass is 10.00. The summed E-state index contributed by atoms with van der Waals surface area (Å²) in [6, 6.07) is 8.01. The molecule has 2 rings (SSSR count). The summed E-state index contributed by atoms with van der Waals surface area (Å²) in [7, 11) is -3.29. The van der Waals surface area contributed by atoms with E-state index in [2.05, 4.69) is 23.5 Å².